The van der Waals surface area contributed by atoms with Crippen LogP contribution in [0.5, 0.6) is 0 Å². The quantitative estimate of drug-likeness (QED) is 0.649. The summed E-state index contributed by atoms with van der Waals surface area (Å²) in [5.74, 6) is -1.09. The van der Waals surface area contributed by atoms with Crippen LogP contribution in [0.2, 0.25) is 0 Å². The normalized spacial score (nSPS) is 16.2. The van der Waals surface area contributed by atoms with Crippen LogP contribution >= 0.6 is 0 Å². The molecule has 1 aliphatic carbocycles. The summed E-state index contributed by atoms with van der Waals surface area (Å²) in [6.07, 6.45) is 9.97. The Balaban J connectivity index is 1.75. The van der Waals surface area contributed by atoms with E-state index in [0.717, 1.165) is 31.2 Å². The van der Waals surface area contributed by atoms with Crippen LogP contribution < -0.4 is 10.6 Å². The van der Waals surface area contributed by atoms with Crippen molar-refractivity contribution in [3.05, 3.63) is 30.1 Å². The van der Waals surface area contributed by atoms with E-state index in [4.69, 9.17) is 0 Å². The summed E-state index contributed by atoms with van der Waals surface area (Å²) in [6.45, 7) is 0.347. The predicted octanol–water partition coefficient (Wildman–Crippen LogP) is 1.54. The fourth-order valence-corrected chi connectivity index (χ4v) is 2.44. The molecule has 2 rings (SSSR count). The van der Waals surface area contributed by atoms with Crippen molar-refractivity contribution in [2.75, 3.05) is 0 Å². The van der Waals surface area contributed by atoms with Crippen LogP contribution in [0.4, 0.5) is 0 Å². The Morgan fingerprint density at radius 3 is 2.35 bits per heavy atom. The van der Waals surface area contributed by atoms with E-state index in [1.54, 1.807) is 12.4 Å². The van der Waals surface area contributed by atoms with Crippen molar-refractivity contribution in [1.82, 2.24) is 15.6 Å². The summed E-state index contributed by atoms with van der Waals surface area (Å²) in [5, 5.41) is 5.46. The van der Waals surface area contributed by atoms with E-state index in [-0.39, 0.29) is 6.04 Å². The number of carbonyl (C=O) groups is 2. The second-order valence-electron chi connectivity index (χ2n) is 5.20. The number of aromatic nitrogens is 1. The highest BCUT2D eigenvalue weighted by Crippen LogP contribution is 2.16. The number of nitrogens with zero attached hydrogens (tertiary/aromatic N) is 1. The molecule has 2 N–H and O–H groups in total. The summed E-state index contributed by atoms with van der Waals surface area (Å²) in [6, 6.07) is 3.77. The van der Waals surface area contributed by atoms with E-state index in [1.807, 2.05) is 12.1 Å². The van der Waals surface area contributed by atoms with Gasteiger partial charge in [0.05, 0.1) is 0 Å². The number of rotatable bonds is 3. The average molecular weight is 275 g/mol. The van der Waals surface area contributed by atoms with Gasteiger partial charge in [0.2, 0.25) is 0 Å². The first kappa shape index (κ1) is 14.5. The lowest BCUT2D eigenvalue weighted by Gasteiger charge is -2.15. The van der Waals surface area contributed by atoms with Crippen LogP contribution in [0.3, 0.4) is 0 Å². The van der Waals surface area contributed by atoms with Gasteiger partial charge in [0.15, 0.2) is 0 Å². The minimum absolute atomic E-state index is 0.150. The van der Waals surface area contributed by atoms with Gasteiger partial charge in [0.1, 0.15) is 0 Å². The van der Waals surface area contributed by atoms with Crippen LogP contribution in [-0.4, -0.2) is 22.8 Å². The maximum Gasteiger partial charge on any atom is 0.309 e. The number of nitrogens with one attached hydrogen (secondary N) is 2. The second-order valence-corrected chi connectivity index (χ2v) is 5.20. The molecule has 0 aliphatic heterocycles. The van der Waals surface area contributed by atoms with Gasteiger partial charge in [-0.05, 0) is 30.5 Å². The van der Waals surface area contributed by atoms with Gasteiger partial charge in [-0.25, -0.2) is 0 Å². The first-order valence-corrected chi connectivity index (χ1v) is 7.23. The minimum atomic E-state index is -0.564. The molecule has 0 bridgehead atoms. The molecule has 0 radical (unpaired) electrons. The van der Waals surface area contributed by atoms with Gasteiger partial charge >= 0.3 is 11.8 Å². The highest BCUT2D eigenvalue weighted by Gasteiger charge is 2.19. The lowest BCUT2D eigenvalue weighted by molar-refractivity contribution is -0.139. The number of hydrogen-bond acceptors (Lipinski definition) is 3. The molecule has 5 nitrogen and oxygen atoms in total. The van der Waals surface area contributed by atoms with Gasteiger partial charge in [0, 0.05) is 25.0 Å². The van der Waals surface area contributed by atoms with Crippen LogP contribution in [0.1, 0.15) is 44.1 Å². The lowest BCUT2D eigenvalue weighted by atomic mass is 10.1. The molecule has 0 atom stereocenters. The summed E-state index contributed by atoms with van der Waals surface area (Å²) >= 11 is 0. The fraction of sp³-hybridized carbons (Fsp3) is 0.533. The molecule has 5 heteroatoms. The van der Waals surface area contributed by atoms with E-state index in [2.05, 4.69) is 15.6 Å². The zero-order valence-electron chi connectivity index (χ0n) is 11.6. The van der Waals surface area contributed by atoms with E-state index in [1.165, 1.54) is 12.8 Å². The van der Waals surface area contributed by atoms with Crippen molar-refractivity contribution in [3.8, 4) is 0 Å². The largest absolute Gasteiger partial charge is 0.345 e. The van der Waals surface area contributed by atoms with Gasteiger partial charge in [-0.2, -0.15) is 0 Å². The first-order valence-electron chi connectivity index (χ1n) is 7.23. The maximum atomic E-state index is 11.8. The Labute approximate surface area is 119 Å². The summed E-state index contributed by atoms with van der Waals surface area (Å²) in [4.78, 5) is 27.4. The molecule has 108 valence electrons. The Bertz CT molecular complexity index is 440. The molecule has 0 aromatic carbocycles. The first-order chi connectivity index (χ1) is 9.75. The van der Waals surface area contributed by atoms with Gasteiger partial charge in [-0.1, -0.05) is 25.7 Å². The summed E-state index contributed by atoms with van der Waals surface area (Å²) in [7, 11) is 0. The van der Waals surface area contributed by atoms with Crippen LogP contribution in [0, 0.1) is 0 Å². The van der Waals surface area contributed by atoms with Gasteiger partial charge < -0.3 is 10.6 Å². The van der Waals surface area contributed by atoms with Gasteiger partial charge in [-0.3, -0.25) is 14.6 Å². The van der Waals surface area contributed by atoms with Crippen molar-refractivity contribution >= 4 is 11.8 Å². The molecule has 1 aromatic heterocycles. The molecule has 0 saturated heterocycles. The SMILES string of the molecule is O=C(NCc1ccncc1)C(=O)NC1CCCCCC1. The van der Waals surface area contributed by atoms with E-state index in [0.29, 0.717) is 6.54 Å². The van der Waals surface area contributed by atoms with E-state index in [9.17, 15) is 9.59 Å². The highest BCUT2D eigenvalue weighted by molar-refractivity contribution is 6.35. The molecule has 1 fully saturated rings. The molecular formula is C15H21N3O2. The Hall–Kier alpha value is -1.91. The third kappa shape index (κ3) is 4.64. The van der Waals surface area contributed by atoms with Crippen LogP contribution in [0.25, 0.3) is 0 Å². The monoisotopic (exact) mass is 275 g/mol. The molecule has 1 saturated carbocycles. The van der Waals surface area contributed by atoms with Gasteiger partial charge in [-0.15, -0.1) is 0 Å². The molecule has 2 amide bonds. The number of amides is 2. The molecule has 1 heterocycles. The van der Waals surface area contributed by atoms with E-state index < -0.39 is 11.8 Å². The lowest BCUT2D eigenvalue weighted by Crippen LogP contribution is -2.44. The molecular weight excluding hydrogens is 254 g/mol. The second kappa shape index (κ2) is 7.62. The van der Waals surface area contributed by atoms with Crippen molar-refractivity contribution in [2.24, 2.45) is 0 Å². The van der Waals surface area contributed by atoms with Crippen molar-refractivity contribution in [3.63, 3.8) is 0 Å². The minimum Gasteiger partial charge on any atom is -0.345 e. The summed E-state index contributed by atoms with van der Waals surface area (Å²) < 4.78 is 0. The summed E-state index contributed by atoms with van der Waals surface area (Å²) in [5.41, 5.74) is 0.926. The van der Waals surface area contributed by atoms with Crippen molar-refractivity contribution in [2.45, 2.75) is 51.1 Å². The zero-order valence-corrected chi connectivity index (χ0v) is 11.6. The predicted molar refractivity (Wildman–Crippen MR) is 75.7 cm³/mol. The highest BCUT2D eigenvalue weighted by atomic mass is 16.2. The molecule has 1 aromatic rings. The van der Waals surface area contributed by atoms with Crippen molar-refractivity contribution < 1.29 is 9.59 Å². The molecule has 0 spiro atoms. The van der Waals surface area contributed by atoms with Crippen molar-refractivity contribution in [1.29, 1.82) is 0 Å². The maximum absolute atomic E-state index is 11.8. The Kier molecular flexibility index (Phi) is 5.53. The molecule has 20 heavy (non-hydrogen) atoms. The Morgan fingerprint density at radius 1 is 1.05 bits per heavy atom. The average Bonchev–Trinajstić information content (AvgIpc) is 2.74. The number of pyridine rings is 1. The van der Waals surface area contributed by atoms with Crippen LogP contribution in [0.15, 0.2) is 24.5 Å². The standard InChI is InChI=1S/C15H21N3O2/c19-14(17-11-12-7-9-16-10-8-12)15(20)18-13-5-3-1-2-4-6-13/h7-10,13H,1-6,11H2,(H,17,19)(H,18,20). The third-order valence-corrected chi connectivity index (χ3v) is 3.60. The molecule has 1 aliphatic rings. The Morgan fingerprint density at radius 2 is 1.70 bits per heavy atom. The van der Waals surface area contributed by atoms with Crippen LogP contribution in [-0.2, 0) is 16.1 Å². The smallest absolute Gasteiger partial charge is 0.309 e. The number of carbonyl (C=O) groups excluding carboxylic acids is 2. The van der Waals surface area contributed by atoms with Gasteiger partial charge in [0.25, 0.3) is 0 Å². The number of hydrogen-bond donors (Lipinski definition) is 2. The third-order valence-electron chi connectivity index (χ3n) is 3.60. The zero-order chi connectivity index (χ0) is 14.2. The topological polar surface area (TPSA) is 71.1 Å². The molecule has 0 unspecified atom stereocenters. The fourth-order valence-electron chi connectivity index (χ4n) is 2.44. The van der Waals surface area contributed by atoms with E-state index >= 15 is 0 Å².